The minimum atomic E-state index is -0.706. The van der Waals surface area contributed by atoms with Crippen LogP contribution in [-0.2, 0) is 11.8 Å². The molecular formula is C81H53NO2. The molecule has 1 unspecified atom stereocenters. The van der Waals surface area contributed by atoms with Gasteiger partial charge >= 0.3 is 0 Å². The summed E-state index contributed by atoms with van der Waals surface area (Å²) in [5.41, 5.74) is 27.0. The summed E-state index contributed by atoms with van der Waals surface area (Å²) < 4.78 is 13.1. The molecule has 2 aliphatic carbocycles. The normalized spacial score (nSPS) is 13.1. The summed E-state index contributed by atoms with van der Waals surface area (Å²) in [5, 5.41) is 4.53. The van der Waals surface area contributed by atoms with Crippen LogP contribution in [0.1, 0.15) is 44.9 Å². The fraction of sp³-hybridized carbons (Fsp3) is 0.0370. The Morgan fingerprint density at radius 2 is 0.702 bits per heavy atom. The fourth-order valence-electron chi connectivity index (χ4n) is 14.4. The smallest absolute Gasteiger partial charge is 0.143 e. The van der Waals surface area contributed by atoms with Crippen molar-refractivity contribution in [2.24, 2.45) is 0 Å². The predicted molar refractivity (Wildman–Crippen MR) is 347 cm³/mol. The van der Waals surface area contributed by atoms with Gasteiger partial charge in [0.1, 0.15) is 22.3 Å². The molecule has 17 rings (SSSR count). The molecule has 0 fully saturated rings. The Bertz CT molecular complexity index is 4980. The van der Waals surface area contributed by atoms with Gasteiger partial charge in [0.05, 0.1) is 5.41 Å². The average Bonchev–Trinajstić information content (AvgIpc) is 1.94. The van der Waals surface area contributed by atoms with Gasteiger partial charge < -0.3 is 13.7 Å². The minimum Gasteiger partial charge on any atom is -0.455 e. The van der Waals surface area contributed by atoms with E-state index in [9.17, 15) is 0 Å². The molecule has 0 aliphatic heterocycles. The van der Waals surface area contributed by atoms with Crippen molar-refractivity contribution in [3.63, 3.8) is 0 Å². The lowest BCUT2D eigenvalue weighted by molar-refractivity contribution is 0.669. The molecule has 0 N–H and O–H groups in total. The summed E-state index contributed by atoms with van der Waals surface area (Å²) in [6, 6.07) is 112. The molecule has 394 valence electrons. The first-order valence-electron chi connectivity index (χ1n) is 29.1. The number of benzene rings is 13. The van der Waals surface area contributed by atoms with Crippen LogP contribution in [0.15, 0.2) is 312 Å². The van der Waals surface area contributed by atoms with Crippen LogP contribution in [0, 0.1) is 0 Å². The highest BCUT2D eigenvalue weighted by molar-refractivity contribution is 6.11. The van der Waals surface area contributed by atoms with Crippen LogP contribution in [0.2, 0.25) is 0 Å². The van der Waals surface area contributed by atoms with Crippen LogP contribution < -0.4 is 4.90 Å². The van der Waals surface area contributed by atoms with Crippen molar-refractivity contribution in [2.45, 2.75) is 17.8 Å². The molecule has 0 saturated carbocycles. The summed E-state index contributed by atoms with van der Waals surface area (Å²) in [6.45, 7) is 0. The molecule has 2 aliphatic rings. The number of hydrogen-bond donors (Lipinski definition) is 0. The maximum atomic E-state index is 6.55. The molecule has 0 saturated heterocycles. The Labute approximate surface area is 487 Å². The first-order valence-corrected chi connectivity index (χ1v) is 29.1. The third-order valence-electron chi connectivity index (χ3n) is 18.1. The second-order valence-corrected chi connectivity index (χ2v) is 22.6. The molecule has 2 heterocycles. The van der Waals surface area contributed by atoms with Gasteiger partial charge in [-0.2, -0.15) is 0 Å². The zero-order valence-electron chi connectivity index (χ0n) is 45.9. The van der Waals surface area contributed by atoms with E-state index in [1.807, 2.05) is 12.1 Å². The van der Waals surface area contributed by atoms with Crippen LogP contribution in [-0.4, -0.2) is 0 Å². The van der Waals surface area contributed by atoms with Crippen LogP contribution in [0.5, 0.6) is 0 Å². The van der Waals surface area contributed by atoms with Crippen molar-refractivity contribution >= 4 is 60.9 Å². The number of anilines is 3. The van der Waals surface area contributed by atoms with Crippen molar-refractivity contribution in [1.29, 1.82) is 0 Å². The predicted octanol–water partition coefficient (Wildman–Crippen LogP) is 21.7. The molecule has 0 radical (unpaired) electrons. The third-order valence-corrected chi connectivity index (χ3v) is 18.1. The lowest BCUT2D eigenvalue weighted by Gasteiger charge is -2.36. The highest BCUT2D eigenvalue weighted by atomic mass is 16.3. The molecule has 13 aromatic carbocycles. The number of nitrogens with zero attached hydrogens (tertiary/aromatic N) is 1. The number of furan rings is 2. The van der Waals surface area contributed by atoms with Gasteiger partial charge in [0, 0.05) is 55.7 Å². The fourth-order valence-corrected chi connectivity index (χ4v) is 14.4. The number of hydrogen-bond acceptors (Lipinski definition) is 3. The summed E-state index contributed by atoms with van der Waals surface area (Å²) in [5.74, 6) is 0.0852. The van der Waals surface area contributed by atoms with Crippen molar-refractivity contribution in [3.8, 4) is 55.6 Å². The van der Waals surface area contributed by atoms with E-state index in [0.29, 0.717) is 0 Å². The van der Waals surface area contributed by atoms with Gasteiger partial charge in [-0.15, -0.1) is 0 Å². The number of fused-ring (bicyclic) bond motifs is 18. The summed E-state index contributed by atoms with van der Waals surface area (Å²) in [7, 11) is 0. The molecular weight excluding hydrogens is 1020 g/mol. The Kier molecular flexibility index (Phi) is 11.0. The molecule has 84 heavy (non-hydrogen) atoms. The van der Waals surface area contributed by atoms with E-state index in [4.69, 9.17) is 8.83 Å². The molecule has 1 spiro atoms. The van der Waals surface area contributed by atoms with Crippen LogP contribution in [0.4, 0.5) is 17.1 Å². The van der Waals surface area contributed by atoms with E-state index in [1.54, 1.807) is 0 Å². The van der Waals surface area contributed by atoms with Crippen molar-refractivity contribution in [2.75, 3.05) is 4.90 Å². The molecule has 1 atom stereocenters. The van der Waals surface area contributed by atoms with Gasteiger partial charge in [0.15, 0.2) is 0 Å². The number of rotatable bonds is 9. The van der Waals surface area contributed by atoms with Gasteiger partial charge in [0.25, 0.3) is 0 Å². The molecule has 0 amide bonds. The zero-order chi connectivity index (χ0) is 55.3. The average molecular weight is 1070 g/mol. The highest BCUT2D eigenvalue weighted by Gasteiger charge is 2.50. The van der Waals surface area contributed by atoms with Gasteiger partial charge in [-0.25, -0.2) is 0 Å². The van der Waals surface area contributed by atoms with Crippen LogP contribution in [0.3, 0.4) is 0 Å². The quantitative estimate of drug-likeness (QED) is 0.144. The lowest BCUT2D eigenvalue weighted by Crippen LogP contribution is -2.29. The molecule has 0 bridgehead atoms. The Morgan fingerprint density at radius 3 is 1.30 bits per heavy atom. The summed E-state index contributed by atoms with van der Waals surface area (Å²) in [4.78, 5) is 2.42. The first kappa shape index (κ1) is 48.0. The van der Waals surface area contributed by atoms with Crippen molar-refractivity contribution < 1.29 is 8.83 Å². The standard InChI is InChI=1S/C81H53NO2/c1-3-19-53(20-4-1)72(56-40-38-54(39-41-56)60-29-17-31-70-68-27-11-15-35-77(68)83-79(60)70)49-52-37-47-66-67-48-46-59(51-76(67)81(75(66)50-52)73-33-13-9-25-64(73)62-23-7-8-24-63(62)65-26-10-14-34-74(65)81)82(57-21-5-2-6-22-57)58-44-42-55(43-45-58)61-30-18-32-71-69-28-12-16-36-78(69)84-80(61)71/h1-48,50-51,72H,49H2. The van der Waals surface area contributed by atoms with E-state index in [0.717, 1.165) is 89.6 Å². The van der Waals surface area contributed by atoms with Crippen LogP contribution >= 0.6 is 0 Å². The van der Waals surface area contributed by atoms with E-state index < -0.39 is 5.41 Å². The Morgan fingerprint density at radius 1 is 0.286 bits per heavy atom. The van der Waals surface area contributed by atoms with Crippen molar-refractivity contribution in [1.82, 2.24) is 0 Å². The lowest BCUT2D eigenvalue weighted by atomic mass is 9.65. The highest BCUT2D eigenvalue weighted by Crippen LogP contribution is 2.62. The molecule has 3 heteroatoms. The van der Waals surface area contributed by atoms with E-state index in [1.165, 1.54) is 72.3 Å². The second-order valence-electron chi connectivity index (χ2n) is 22.6. The monoisotopic (exact) mass is 1070 g/mol. The topological polar surface area (TPSA) is 29.5 Å². The maximum Gasteiger partial charge on any atom is 0.143 e. The Balaban J connectivity index is 0.829. The molecule has 3 nitrogen and oxygen atoms in total. The minimum absolute atomic E-state index is 0.0852. The number of para-hydroxylation sites is 5. The van der Waals surface area contributed by atoms with Gasteiger partial charge in [-0.1, -0.05) is 255 Å². The second kappa shape index (κ2) is 19.2. The zero-order valence-corrected chi connectivity index (χ0v) is 45.9. The van der Waals surface area contributed by atoms with E-state index in [-0.39, 0.29) is 5.92 Å². The van der Waals surface area contributed by atoms with E-state index in [2.05, 4.69) is 296 Å². The SMILES string of the molecule is c1ccc(C(Cc2ccc3c(c2)C2(c4ccccc4-c4ccccc4-c4ccccc42)c2cc(N(c4ccccc4)c4ccc(-c5cccc6c5oc5ccccc56)cc4)ccc2-3)c2ccc(-c3cccc4c3oc3ccccc34)cc2)cc1. The summed E-state index contributed by atoms with van der Waals surface area (Å²) in [6.07, 6.45) is 0.805. The molecule has 2 aromatic heterocycles. The largest absolute Gasteiger partial charge is 0.455 e. The molecule has 15 aromatic rings. The van der Waals surface area contributed by atoms with Gasteiger partial charge in [-0.05, 0) is 138 Å². The van der Waals surface area contributed by atoms with Gasteiger partial charge in [-0.3, -0.25) is 0 Å². The first-order chi connectivity index (χ1) is 41.7. The maximum absolute atomic E-state index is 6.55. The Hall–Kier alpha value is -10.7. The van der Waals surface area contributed by atoms with Crippen LogP contribution in [0.25, 0.3) is 99.5 Å². The summed E-state index contributed by atoms with van der Waals surface area (Å²) >= 11 is 0. The van der Waals surface area contributed by atoms with Gasteiger partial charge in [0.2, 0.25) is 0 Å². The van der Waals surface area contributed by atoms with E-state index >= 15 is 0 Å². The van der Waals surface area contributed by atoms with Crippen molar-refractivity contribution in [3.05, 3.63) is 342 Å². The third kappa shape index (κ3) is 7.38.